The molecule has 118 valence electrons. The van der Waals surface area contributed by atoms with E-state index in [0.717, 1.165) is 0 Å². The third-order valence-corrected chi connectivity index (χ3v) is 3.10. The van der Waals surface area contributed by atoms with Crippen molar-refractivity contribution in [3.05, 3.63) is 34.1 Å². The first-order valence-corrected chi connectivity index (χ1v) is 7.61. The van der Waals surface area contributed by atoms with Gasteiger partial charge in [-0.2, -0.15) is 0 Å². The highest BCUT2D eigenvalue weighted by molar-refractivity contribution is 9.10. The fourth-order valence-electron chi connectivity index (χ4n) is 1.57. The molecule has 6 heteroatoms. The summed E-state index contributed by atoms with van der Waals surface area (Å²) in [4.78, 5) is 11.5. The number of hydrogen-bond acceptors (Lipinski definition) is 3. The second-order valence-electron chi connectivity index (χ2n) is 5.90. The number of carbonyl (C=O) groups is 1. The Morgan fingerprint density at radius 3 is 2.67 bits per heavy atom. The maximum absolute atomic E-state index is 13.6. The topological polar surface area (TPSA) is 50.4 Å². The molecule has 0 saturated heterocycles. The van der Waals surface area contributed by atoms with Crippen LogP contribution >= 0.6 is 15.9 Å². The van der Waals surface area contributed by atoms with Gasteiger partial charge in [0.2, 0.25) is 0 Å². The van der Waals surface area contributed by atoms with Gasteiger partial charge in [0.05, 0.1) is 0 Å². The van der Waals surface area contributed by atoms with Crippen LogP contribution in [0.2, 0.25) is 0 Å². The van der Waals surface area contributed by atoms with Crippen LogP contribution in [0.3, 0.4) is 0 Å². The third-order valence-electron chi connectivity index (χ3n) is 2.61. The first-order valence-electron chi connectivity index (χ1n) is 6.81. The van der Waals surface area contributed by atoms with Gasteiger partial charge in [0.1, 0.15) is 11.4 Å². The number of amides is 1. The molecule has 0 aliphatic rings. The molecule has 2 N–H and O–H groups in total. The van der Waals surface area contributed by atoms with E-state index in [1.807, 2.05) is 27.7 Å². The SMILES string of the molecule is CC(CNC(=O)OC(C)(C)C)NCc1ccc(Br)cc1F. The summed E-state index contributed by atoms with van der Waals surface area (Å²) < 4.78 is 19.5. The zero-order valence-corrected chi connectivity index (χ0v) is 14.4. The molecule has 0 aromatic heterocycles. The maximum atomic E-state index is 13.6. The number of carbonyl (C=O) groups excluding carboxylic acids is 1. The molecule has 1 amide bonds. The van der Waals surface area contributed by atoms with Gasteiger partial charge in [-0.1, -0.05) is 22.0 Å². The van der Waals surface area contributed by atoms with Gasteiger partial charge >= 0.3 is 6.09 Å². The van der Waals surface area contributed by atoms with Gasteiger partial charge in [0.15, 0.2) is 0 Å². The Labute approximate surface area is 133 Å². The molecule has 21 heavy (non-hydrogen) atoms. The van der Waals surface area contributed by atoms with Crippen molar-refractivity contribution < 1.29 is 13.9 Å². The van der Waals surface area contributed by atoms with Gasteiger partial charge in [-0.25, -0.2) is 9.18 Å². The van der Waals surface area contributed by atoms with Gasteiger partial charge in [0.25, 0.3) is 0 Å². The van der Waals surface area contributed by atoms with Crippen molar-refractivity contribution in [1.29, 1.82) is 0 Å². The van der Waals surface area contributed by atoms with E-state index in [2.05, 4.69) is 26.6 Å². The summed E-state index contributed by atoms with van der Waals surface area (Å²) in [6.07, 6.45) is -0.453. The number of nitrogens with one attached hydrogen (secondary N) is 2. The second kappa shape index (κ2) is 7.75. The Morgan fingerprint density at radius 1 is 1.43 bits per heavy atom. The quantitative estimate of drug-likeness (QED) is 0.843. The fraction of sp³-hybridized carbons (Fsp3) is 0.533. The van der Waals surface area contributed by atoms with E-state index in [4.69, 9.17) is 4.74 Å². The molecule has 0 fully saturated rings. The van der Waals surface area contributed by atoms with Crippen molar-refractivity contribution in [2.45, 2.75) is 45.9 Å². The van der Waals surface area contributed by atoms with E-state index in [-0.39, 0.29) is 11.9 Å². The number of alkyl carbamates (subject to hydrolysis) is 1. The Hall–Kier alpha value is -1.14. The van der Waals surface area contributed by atoms with Crippen LogP contribution in [0, 0.1) is 5.82 Å². The average Bonchev–Trinajstić information content (AvgIpc) is 2.33. The molecule has 1 rings (SSSR count). The van der Waals surface area contributed by atoms with E-state index in [1.54, 1.807) is 12.1 Å². The van der Waals surface area contributed by atoms with Crippen LogP contribution in [0.1, 0.15) is 33.3 Å². The molecule has 1 aromatic carbocycles. The molecule has 1 unspecified atom stereocenters. The summed E-state index contributed by atoms with van der Waals surface area (Å²) >= 11 is 3.22. The van der Waals surface area contributed by atoms with Gasteiger partial charge in [0, 0.05) is 29.2 Å². The first kappa shape index (κ1) is 17.9. The molecule has 1 aromatic rings. The predicted octanol–water partition coefficient (Wildman–Crippen LogP) is 3.59. The summed E-state index contributed by atoms with van der Waals surface area (Å²) in [6, 6.07) is 4.95. The Balaban J connectivity index is 2.34. The van der Waals surface area contributed by atoms with Crippen LogP contribution < -0.4 is 10.6 Å². The van der Waals surface area contributed by atoms with E-state index in [1.165, 1.54) is 6.07 Å². The Kier molecular flexibility index (Phi) is 6.61. The number of hydrogen-bond donors (Lipinski definition) is 2. The Bertz CT molecular complexity index is 489. The van der Waals surface area contributed by atoms with E-state index in [9.17, 15) is 9.18 Å². The minimum atomic E-state index is -0.513. The minimum Gasteiger partial charge on any atom is -0.444 e. The highest BCUT2D eigenvalue weighted by Crippen LogP contribution is 2.15. The summed E-state index contributed by atoms with van der Waals surface area (Å²) in [7, 11) is 0. The van der Waals surface area contributed by atoms with Crippen molar-refractivity contribution in [3.8, 4) is 0 Å². The van der Waals surface area contributed by atoms with Crippen LogP contribution in [0.5, 0.6) is 0 Å². The lowest BCUT2D eigenvalue weighted by Gasteiger charge is -2.21. The molecule has 0 aliphatic carbocycles. The molecular weight excluding hydrogens is 339 g/mol. The van der Waals surface area contributed by atoms with E-state index >= 15 is 0 Å². The first-order chi connectivity index (χ1) is 9.67. The maximum Gasteiger partial charge on any atom is 0.407 e. The average molecular weight is 361 g/mol. The monoisotopic (exact) mass is 360 g/mol. The zero-order valence-electron chi connectivity index (χ0n) is 12.8. The molecule has 0 radical (unpaired) electrons. The number of benzene rings is 1. The standard InChI is InChI=1S/C15H22BrFN2O2/c1-10(8-19-14(20)21-15(2,3)4)18-9-11-5-6-12(16)7-13(11)17/h5-7,10,18H,8-9H2,1-4H3,(H,19,20). The molecule has 0 saturated carbocycles. The van der Waals surface area contributed by atoms with Gasteiger partial charge in [-0.05, 0) is 39.8 Å². The van der Waals surface area contributed by atoms with Crippen molar-refractivity contribution in [3.63, 3.8) is 0 Å². The van der Waals surface area contributed by atoms with Crippen LogP contribution in [-0.2, 0) is 11.3 Å². The summed E-state index contributed by atoms with van der Waals surface area (Å²) in [6.45, 7) is 8.15. The van der Waals surface area contributed by atoms with E-state index in [0.29, 0.717) is 23.1 Å². The third kappa shape index (κ3) is 7.43. The summed E-state index contributed by atoms with van der Waals surface area (Å²) in [5.74, 6) is -0.260. The van der Waals surface area contributed by atoms with Crippen molar-refractivity contribution in [2.75, 3.05) is 6.54 Å². The molecule has 0 aliphatic heterocycles. The number of ether oxygens (including phenoxy) is 1. The van der Waals surface area contributed by atoms with Crippen molar-refractivity contribution in [1.82, 2.24) is 10.6 Å². The fourth-order valence-corrected chi connectivity index (χ4v) is 1.91. The molecule has 0 bridgehead atoms. The lowest BCUT2D eigenvalue weighted by Crippen LogP contribution is -2.41. The lowest BCUT2D eigenvalue weighted by atomic mass is 10.2. The summed E-state index contributed by atoms with van der Waals surface area (Å²) in [5, 5.41) is 5.83. The molecule has 0 heterocycles. The van der Waals surface area contributed by atoms with Gasteiger partial charge < -0.3 is 15.4 Å². The zero-order chi connectivity index (χ0) is 16.0. The van der Waals surface area contributed by atoms with Crippen molar-refractivity contribution in [2.24, 2.45) is 0 Å². The summed E-state index contributed by atoms with van der Waals surface area (Å²) in [5.41, 5.74) is 0.0729. The molecule has 4 nitrogen and oxygen atoms in total. The largest absolute Gasteiger partial charge is 0.444 e. The highest BCUT2D eigenvalue weighted by Gasteiger charge is 2.16. The van der Waals surface area contributed by atoms with Crippen LogP contribution in [0.4, 0.5) is 9.18 Å². The minimum absolute atomic E-state index is 0.000523. The van der Waals surface area contributed by atoms with Gasteiger partial charge in [-0.3, -0.25) is 0 Å². The lowest BCUT2D eigenvalue weighted by molar-refractivity contribution is 0.0523. The van der Waals surface area contributed by atoms with Crippen LogP contribution in [0.15, 0.2) is 22.7 Å². The normalized spacial score (nSPS) is 12.9. The van der Waals surface area contributed by atoms with Crippen LogP contribution in [0.25, 0.3) is 0 Å². The predicted molar refractivity (Wildman–Crippen MR) is 84.6 cm³/mol. The molecular formula is C15H22BrFN2O2. The number of rotatable bonds is 5. The molecule has 0 spiro atoms. The van der Waals surface area contributed by atoms with Gasteiger partial charge in [-0.15, -0.1) is 0 Å². The molecule has 1 atom stereocenters. The Morgan fingerprint density at radius 2 is 2.10 bits per heavy atom. The van der Waals surface area contributed by atoms with E-state index < -0.39 is 11.7 Å². The van der Waals surface area contributed by atoms with Crippen LogP contribution in [-0.4, -0.2) is 24.3 Å². The smallest absolute Gasteiger partial charge is 0.407 e. The number of halogens is 2. The second-order valence-corrected chi connectivity index (χ2v) is 6.82. The highest BCUT2D eigenvalue weighted by atomic mass is 79.9. The van der Waals surface area contributed by atoms with Crippen molar-refractivity contribution >= 4 is 22.0 Å².